The molecule has 26 heavy (non-hydrogen) atoms. The summed E-state index contributed by atoms with van der Waals surface area (Å²) in [5.74, 6) is 0.837. The minimum absolute atomic E-state index is 0.138. The molecule has 12 heteroatoms. The fourth-order valence-corrected chi connectivity index (χ4v) is 5.10. The van der Waals surface area contributed by atoms with E-state index in [1.807, 2.05) is 0 Å². The number of anilines is 2. The topological polar surface area (TPSA) is 107 Å². The van der Waals surface area contributed by atoms with E-state index in [-0.39, 0.29) is 11.7 Å². The van der Waals surface area contributed by atoms with Crippen molar-refractivity contribution in [1.82, 2.24) is 20.4 Å². The van der Waals surface area contributed by atoms with Gasteiger partial charge in [0.1, 0.15) is 5.82 Å². The second kappa shape index (κ2) is 9.26. The largest absolute Gasteiger partial charge is 0.374 e. The van der Waals surface area contributed by atoms with Crippen LogP contribution < -0.4 is 11.1 Å². The Bertz CT molecular complexity index is 868. The molecule has 0 bridgehead atoms. The van der Waals surface area contributed by atoms with E-state index < -0.39 is 0 Å². The molecule has 3 aromatic rings. The lowest BCUT2D eigenvalue weighted by molar-refractivity contribution is -0.115. The third-order valence-electron chi connectivity index (χ3n) is 2.91. The Labute approximate surface area is 165 Å². The predicted octanol–water partition coefficient (Wildman–Crippen LogP) is 3.52. The molecule has 0 aliphatic heterocycles. The fourth-order valence-electron chi connectivity index (χ4n) is 1.74. The molecule has 0 aliphatic rings. The van der Waals surface area contributed by atoms with Crippen molar-refractivity contribution in [2.45, 2.75) is 20.9 Å². The summed E-state index contributed by atoms with van der Waals surface area (Å²) >= 11 is 5.52. The lowest BCUT2D eigenvalue weighted by Gasteiger charge is -1.99. The first-order chi connectivity index (χ1) is 12.6. The molecule has 0 unspecified atom stereocenters. The van der Waals surface area contributed by atoms with Crippen molar-refractivity contribution in [2.24, 2.45) is 0 Å². The summed E-state index contributed by atoms with van der Waals surface area (Å²) in [7, 11) is 0. The lowest BCUT2D eigenvalue weighted by Crippen LogP contribution is -2.11. The number of aromatic nitrogens is 4. The number of hydrogen-bond acceptors (Lipinski definition) is 10. The number of halogens is 1. The van der Waals surface area contributed by atoms with E-state index in [1.54, 1.807) is 12.1 Å². The highest BCUT2D eigenvalue weighted by molar-refractivity contribution is 8.01. The summed E-state index contributed by atoms with van der Waals surface area (Å²) in [6.45, 7) is 0. The summed E-state index contributed by atoms with van der Waals surface area (Å²) in [6, 6.07) is 6.32. The maximum Gasteiger partial charge on any atom is 0.227 e. The average Bonchev–Trinajstić information content (AvgIpc) is 3.23. The third kappa shape index (κ3) is 5.90. The van der Waals surface area contributed by atoms with Crippen molar-refractivity contribution in [1.29, 1.82) is 0 Å². The van der Waals surface area contributed by atoms with Crippen LogP contribution in [0.25, 0.3) is 0 Å². The number of carbonyl (C=O) groups excluding carboxylic acids is 1. The smallest absolute Gasteiger partial charge is 0.227 e. The molecular weight excluding hydrogens is 415 g/mol. The van der Waals surface area contributed by atoms with Crippen LogP contribution in [0.4, 0.5) is 14.7 Å². The van der Waals surface area contributed by atoms with Crippen LogP contribution in [-0.2, 0) is 10.5 Å². The second-order valence-corrected chi connectivity index (χ2v) is 9.39. The summed E-state index contributed by atoms with van der Waals surface area (Å²) in [4.78, 5) is 11.9. The van der Waals surface area contributed by atoms with Gasteiger partial charge in [-0.15, -0.1) is 20.4 Å². The number of amides is 1. The van der Waals surface area contributed by atoms with Gasteiger partial charge in [-0.05, 0) is 17.7 Å². The molecule has 2 heterocycles. The van der Waals surface area contributed by atoms with Crippen molar-refractivity contribution in [3.8, 4) is 0 Å². The molecule has 1 amide bonds. The maximum absolute atomic E-state index is 12.9. The molecule has 136 valence electrons. The number of hydrogen-bond donors (Lipinski definition) is 2. The molecule has 0 saturated heterocycles. The Morgan fingerprint density at radius 2 is 1.81 bits per heavy atom. The highest BCUT2D eigenvalue weighted by Crippen LogP contribution is 2.29. The average molecular weight is 429 g/mol. The van der Waals surface area contributed by atoms with Crippen LogP contribution in [0.2, 0.25) is 0 Å². The number of rotatable bonds is 8. The summed E-state index contributed by atoms with van der Waals surface area (Å²) < 4.78 is 14.4. The van der Waals surface area contributed by atoms with Crippen LogP contribution in [0.1, 0.15) is 12.0 Å². The zero-order chi connectivity index (χ0) is 18.4. The molecule has 0 fully saturated rings. The molecule has 0 radical (unpaired) electrons. The van der Waals surface area contributed by atoms with Gasteiger partial charge in [0, 0.05) is 17.9 Å². The van der Waals surface area contributed by atoms with Crippen LogP contribution in [0.15, 0.2) is 32.9 Å². The summed E-state index contributed by atoms with van der Waals surface area (Å²) in [5, 5.41) is 19.2. The van der Waals surface area contributed by atoms with E-state index in [0.717, 1.165) is 14.2 Å². The Morgan fingerprint density at radius 3 is 2.54 bits per heavy atom. The number of benzene rings is 1. The first kappa shape index (κ1) is 19.0. The van der Waals surface area contributed by atoms with Gasteiger partial charge in [-0.25, -0.2) is 4.39 Å². The first-order valence-electron chi connectivity index (χ1n) is 7.31. The lowest BCUT2D eigenvalue weighted by atomic mass is 10.2. The Balaban J connectivity index is 1.41. The number of nitrogens with zero attached hydrogens (tertiary/aromatic N) is 4. The van der Waals surface area contributed by atoms with Crippen molar-refractivity contribution in [3.05, 3.63) is 35.6 Å². The van der Waals surface area contributed by atoms with Crippen molar-refractivity contribution >= 4 is 62.4 Å². The van der Waals surface area contributed by atoms with Crippen LogP contribution in [0.5, 0.6) is 0 Å². The molecule has 1 aromatic carbocycles. The van der Waals surface area contributed by atoms with Crippen molar-refractivity contribution in [3.63, 3.8) is 0 Å². The van der Waals surface area contributed by atoms with Gasteiger partial charge in [-0.2, -0.15) is 0 Å². The Morgan fingerprint density at radius 1 is 1.08 bits per heavy atom. The fraction of sp³-hybridized carbons (Fsp3) is 0.214. The molecule has 2 aromatic heterocycles. The van der Waals surface area contributed by atoms with Crippen LogP contribution in [-0.4, -0.2) is 32.1 Å². The normalized spacial score (nSPS) is 10.8. The van der Waals surface area contributed by atoms with Gasteiger partial charge in [0.15, 0.2) is 8.68 Å². The van der Waals surface area contributed by atoms with Crippen LogP contribution in [0, 0.1) is 5.82 Å². The van der Waals surface area contributed by atoms with E-state index in [0.29, 0.717) is 28.2 Å². The highest BCUT2D eigenvalue weighted by atomic mass is 32.2. The maximum atomic E-state index is 12.9. The van der Waals surface area contributed by atoms with E-state index >= 15 is 0 Å². The molecule has 0 spiro atoms. The quantitative estimate of drug-likeness (QED) is 0.415. The highest BCUT2D eigenvalue weighted by Gasteiger charge is 2.10. The second-order valence-electron chi connectivity index (χ2n) is 4.84. The number of nitrogens with two attached hydrogens (primary N) is 1. The monoisotopic (exact) mass is 428 g/mol. The standard InChI is InChI=1S/C14H13FN6OS4/c15-9-3-1-8(2-4-9)7-24-14-21-19-12(26-14)17-10(22)5-6-23-13-20-18-11(16)25-13/h1-4H,5-7H2,(H2,16,18)(H,17,19,22). The van der Waals surface area contributed by atoms with Gasteiger partial charge < -0.3 is 11.1 Å². The SMILES string of the molecule is Nc1nnc(SCCC(=O)Nc2nnc(SCc3ccc(F)cc3)s2)s1. The zero-order valence-electron chi connectivity index (χ0n) is 13.2. The molecule has 0 saturated carbocycles. The molecule has 7 nitrogen and oxygen atoms in total. The van der Waals surface area contributed by atoms with Crippen LogP contribution in [0.3, 0.4) is 0 Å². The molecule has 3 rings (SSSR count). The molecule has 3 N–H and O–H groups in total. The van der Waals surface area contributed by atoms with Gasteiger partial charge in [0.05, 0.1) is 0 Å². The summed E-state index contributed by atoms with van der Waals surface area (Å²) in [6.07, 6.45) is 0.321. The first-order valence-corrected chi connectivity index (χ1v) is 10.9. The number of carbonyl (C=O) groups is 1. The van der Waals surface area contributed by atoms with Crippen molar-refractivity contribution in [2.75, 3.05) is 16.8 Å². The number of nitrogen functional groups attached to an aromatic ring is 1. The van der Waals surface area contributed by atoms with E-state index in [9.17, 15) is 9.18 Å². The van der Waals surface area contributed by atoms with Gasteiger partial charge >= 0.3 is 0 Å². The van der Waals surface area contributed by atoms with Gasteiger partial charge in [-0.3, -0.25) is 4.79 Å². The zero-order valence-corrected chi connectivity index (χ0v) is 16.5. The predicted molar refractivity (Wildman–Crippen MR) is 104 cm³/mol. The molecule has 0 atom stereocenters. The minimum Gasteiger partial charge on any atom is -0.374 e. The number of thioether (sulfide) groups is 2. The Hall–Kier alpha value is -1.76. The van der Waals surface area contributed by atoms with Gasteiger partial charge in [0.25, 0.3) is 0 Å². The van der Waals surface area contributed by atoms with E-state index in [4.69, 9.17) is 5.73 Å². The third-order valence-corrected chi connectivity index (χ3v) is 6.84. The Kier molecular flexibility index (Phi) is 6.77. The van der Waals surface area contributed by atoms with Crippen molar-refractivity contribution < 1.29 is 9.18 Å². The molecule has 0 aliphatic carbocycles. The van der Waals surface area contributed by atoms with Gasteiger partial charge in [-0.1, -0.05) is 58.3 Å². The molecular formula is C14H13FN6OS4. The van der Waals surface area contributed by atoms with Gasteiger partial charge in [0.2, 0.25) is 16.2 Å². The minimum atomic E-state index is -0.257. The van der Waals surface area contributed by atoms with E-state index in [1.165, 1.54) is 58.3 Å². The summed E-state index contributed by atoms with van der Waals surface area (Å²) in [5.41, 5.74) is 6.49. The van der Waals surface area contributed by atoms with E-state index in [2.05, 4.69) is 25.7 Å². The number of nitrogens with one attached hydrogen (secondary N) is 1. The van der Waals surface area contributed by atoms with Crippen LogP contribution >= 0.6 is 46.2 Å².